The summed E-state index contributed by atoms with van der Waals surface area (Å²) in [5.41, 5.74) is 2.86. The molecule has 0 heterocycles. The van der Waals surface area contributed by atoms with Crippen LogP contribution in [0.25, 0.3) is 0 Å². The molecule has 1 aliphatic carbocycles. The summed E-state index contributed by atoms with van der Waals surface area (Å²) in [6, 6.07) is 8.93. The monoisotopic (exact) mass is 233 g/mol. The molecule has 0 fully saturated rings. The molecule has 0 saturated carbocycles. The lowest BCUT2D eigenvalue weighted by atomic mass is 10.0. The summed E-state index contributed by atoms with van der Waals surface area (Å²) in [6.07, 6.45) is 4.23. The summed E-state index contributed by atoms with van der Waals surface area (Å²) in [4.78, 5) is 12.7. The van der Waals surface area contributed by atoms with E-state index in [0.29, 0.717) is 6.04 Å². The Morgan fingerprint density at radius 3 is 2.29 bits per heavy atom. The van der Waals surface area contributed by atoms with Crippen LogP contribution >= 0.6 is 0 Å². The highest BCUT2D eigenvalue weighted by Crippen LogP contribution is 2.22. The van der Waals surface area contributed by atoms with Gasteiger partial charge in [0.15, 0.2) is 0 Å². The number of fused-ring (bicyclic) bond motifs is 1. The predicted molar refractivity (Wildman–Crippen MR) is 67.1 cm³/mol. The summed E-state index contributed by atoms with van der Waals surface area (Å²) in [5, 5.41) is 8.82. The van der Waals surface area contributed by atoms with Crippen LogP contribution in [0.5, 0.6) is 0 Å². The van der Waals surface area contributed by atoms with Gasteiger partial charge < -0.3 is 5.11 Å². The molecular formula is C14H19NO2. The molecular weight excluding hydrogens is 214 g/mol. The van der Waals surface area contributed by atoms with Crippen molar-refractivity contribution >= 4 is 5.97 Å². The summed E-state index contributed by atoms with van der Waals surface area (Å²) < 4.78 is 0. The van der Waals surface area contributed by atoms with E-state index in [0.717, 1.165) is 25.7 Å². The van der Waals surface area contributed by atoms with E-state index in [2.05, 4.69) is 24.3 Å². The first kappa shape index (κ1) is 12.1. The van der Waals surface area contributed by atoms with Gasteiger partial charge in [-0.1, -0.05) is 24.3 Å². The van der Waals surface area contributed by atoms with E-state index < -0.39 is 5.97 Å². The van der Waals surface area contributed by atoms with Crippen molar-refractivity contribution in [3.8, 4) is 0 Å². The number of carboxylic acids is 1. The average molecular weight is 233 g/mol. The second-order valence-corrected chi connectivity index (χ2v) is 4.81. The first-order valence-corrected chi connectivity index (χ1v) is 6.15. The fourth-order valence-corrected chi connectivity index (χ4v) is 2.62. The Morgan fingerprint density at radius 2 is 1.82 bits per heavy atom. The number of likely N-dealkylation sites (N-methyl/N-ethyl adjacent to an activating group) is 1. The van der Waals surface area contributed by atoms with Gasteiger partial charge in [-0.25, -0.2) is 0 Å². The summed E-state index contributed by atoms with van der Waals surface area (Å²) >= 11 is 0. The van der Waals surface area contributed by atoms with Crippen molar-refractivity contribution in [2.45, 2.75) is 31.7 Å². The van der Waals surface area contributed by atoms with Crippen molar-refractivity contribution in [3.63, 3.8) is 0 Å². The maximum Gasteiger partial charge on any atom is 0.317 e. The van der Waals surface area contributed by atoms with E-state index in [4.69, 9.17) is 5.11 Å². The number of carboxylic acid groups (broad SMARTS) is 1. The minimum Gasteiger partial charge on any atom is -0.480 e. The van der Waals surface area contributed by atoms with Crippen LogP contribution in [-0.4, -0.2) is 35.6 Å². The Bertz CT molecular complexity index is 376. The van der Waals surface area contributed by atoms with Crippen molar-refractivity contribution < 1.29 is 9.90 Å². The number of hydrogen-bond acceptors (Lipinski definition) is 2. The highest BCUT2D eigenvalue weighted by atomic mass is 16.4. The SMILES string of the molecule is CN(CC(=O)O)C1CCc2ccccc2CC1. The van der Waals surface area contributed by atoms with E-state index in [1.165, 1.54) is 11.1 Å². The van der Waals surface area contributed by atoms with Gasteiger partial charge in [-0.15, -0.1) is 0 Å². The molecule has 1 aromatic rings. The van der Waals surface area contributed by atoms with Gasteiger partial charge in [0.05, 0.1) is 6.54 Å². The molecule has 0 radical (unpaired) electrons. The molecule has 2 rings (SSSR count). The molecule has 92 valence electrons. The molecule has 0 bridgehead atoms. The van der Waals surface area contributed by atoms with Gasteiger partial charge in [-0.05, 0) is 43.9 Å². The Labute approximate surface area is 102 Å². The molecule has 17 heavy (non-hydrogen) atoms. The Morgan fingerprint density at radius 1 is 1.29 bits per heavy atom. The third-order valence-corrected chi connectivity index (χ3v) is 3.62. The molecule has 1 aromatic carbocycles. The number of rotatable bonds is 3. The van der Waals surface area contributed by atoms with Gasteiger partial charge in [0.1, 0.15) is 0 Å². The van der Waals surface area contributed by atoms with Crippen molar-refractivity contribution in [1.29, 1.82) is 0 Å². The van der Waals surface area contributed by atoms with E-state index in [9.17, 15) is 4.79 Å². The molecule has 0 amide bonds. The van der Waals surface area contributed by atoms with Crippen LogP contribution in [-0.2, 0) is 17.6 Å². The number of aliphatic carboxylic acids is 1. The van der Waals surface area contributed by atoms with Gasteiger partial charge in [-0.3, -0.25) is 9.69 Å². The molecule has 1 N–H and O–H groups in total. The number of aryl methyl sites for hydroxylation is 2. The number of hydrogen-bond donors (Lipinski definition) is 1. The molecule has 3 heteroatoms. The minimum atomic E-state index is -0.741. The molecule has 3 nitrogen and oxygen atoms in total. The van der Waals surface area contributed by atoms with Gasteiger partial charge in [-0.2, -0.15) is 0 Å². The standard InChI is InChI=1S/C14H19NO2/c1-15(10-14(16)17)13-8-6-11-4-2-3-5-12(11)7-9-13/h2-5,13H,6-10H2,1H3,(H,16,17). The lowest BCUT2D eigenvalue weighted by molar-refractivity contribution is -0.138. The lowest BCUT2D eigenvalue weighted by Gasteiger charge is -2.25. The summed E-state index contributed by atoms with van der Waals surface area (Å²) in [6.45, 7) is 0.140. The van der Waals surface area contributed by atoms with Gasteiger partial charge >= 0.3 is 5.97 Å². The first-order valence-electron chi connectivity index (χ1n) is 6.15. The van der Waals surface area contributed by atoms with Gasteiger partial charge in [0.25, 0.3) is 0 Å². The highest BCUT2D eigenvalue weighted by molar-refractivity contribution is 5.69. The maximum absolute atomic E-state index is 10.7. The second-order valence-electron chi connectivity index (χ2n) is 4.81. The van der Waals surface area contributed by atoms with E-state index >= 15 is 0 Å². The molecule has 0 saturated heterocycles. The summed E-state index contributed by atoms with van der Waals surface area (Å²) in [7, 11) is 1.91. The van der Waals surface area contributed by atoms with E-state index in [1.807, 2.05) is 11.9 Å². The Balaban J connectivity index is 2.01. The van der Waals surface area contributed by atoms with Crippen molar-refractivity contribution in [3.05, 3.63) is 35.4 Å². The Kier molecular flexibility index (Phi) is 3.79. The Hall–Kier alpha value is -1.35. The second kappa shape index (κ2) is 5.32. The number of benzene rings is 1. The maximum atomic E-state index is 10.7. The third kappa shape index (κ3) is 3.07. The van der Waals surface area contributed by atoms with Crippen molar-refractivity contribution in [2.75, 3.05) is 13.6 Å². The molecule has 0 aromatic heterocycles. The predicted octanol–water partition coefficient (Wildman–Crippen LogP) is 1.95. The third-order valence-electron chi connectivity index (χ3n) is 3.62. The normalized spacial score (nSPS) is 16.6. The van der Waals surface area contributed by atoms with Crippen LogP contribution in [0.4, 0.5) is 0 Å². The smallest absolute Gasteiger partial charge is 0.317 e. The summed E-state index contributed by atoms with van der Waals surface area (Å²) in [5.74, 6) is -0.741. The van der Waals surface area contributed by atoms with Crippen LogP contribution in [0, 0.1) is 0 Å². The lowest BCUT2D eigenvalue weighted by Crippen LogP contribution is -2.36. The minimum absolute atomic E-state index is 0.140. The largest absolute Gasteiger partial charge is 0.480 e. The van der Waals surface area contributed by atoms with Crippen LogP contribution in [0.3, 0.4) is 0 Å². The fraction of sp³-hybridized carbons (Fsp3) is 0.500. The molecule has 0 aliphatic heterocycles. The quantitative estimate of drug-likeness (QED) is 0.811. The van der Waals surface area contributed by atoms with Gasteiger partial charge in [0.2, 0.25) is 0 Å². The molecule has 0 atom stereocenters. The number of nitrogens with zero attached hydrogens (tertiary/aromatic N) is 1. The first-order chi connectivity index (χ1) is 8.16. The van der Waals surface area contributed by atoms with Crippen LogP contribution < -0.4 is 0 Å². The molecule has 1 aliphatic rings. The van der Waals surface area contributed by atoms with Crippen LogP contribution in [0.1, 0.15) is 24.0 Å². The zero-order valence-corrected chi connectivity index (χ0v) is 10.2. The average Bonchev–Trinajstić information content (AvgIpc) is 2.50. The highest BCUT2D eigenvalue weighted by Gasteiger charge is 2.20. The van der Waals surface area contributed by atoms with Crippen LogP contribution in [0.15, 0.2) is 24.3 Å². The zero-order chi connectivity index (χ0) is 12.3. The number of carbonyl (C=O) groups is 1. The van der Waals surface area contributed by atoms with E-state index in [-0.39, 0.29) is 6.54 Å². The van der Waals surface area contributed by atoms with Crippen molar-refractivity contribution in [1.82, 2.24) is 4.90 Å². The van der Waals surface area contributed by atoms with Crippen LogP contribution in [0.2, 0.25) is 0 Å². The fourth-order valence-electron chi connectivity index (χ4n) is 2.62. The van der Waals surface area contributed by atoms with E-state index in [1.54, 1.807) is 0 Å². The van der Waals surface area contributed by atoms with Crippen molar-refractivity contribution in [2.24, 2.45) is 0 Å². The molecule has 0 spiro atoms. The topological polar surface area (TPSA) is 40.5 Å². The molecule has 0 unspecified atom stereocenters. The van der Waals surface area contributed by atoms with Gasteiger partial charge in [0, 0.05) is 6.04 Å². The zero-order valence-electron chi connectivity index (χ0n) is 10.2.